The molecule has 3 unspecified atom stereocenters. The van der Waals surface area contributed by atoms with Crippen LogP contribution in [0.5, 0.6) is 0 Å². The highest BCUT2D eigenvalue weighted by atomic mass is 16.6. The predicted molar refractivity (Wildman–Crippen MR) is 65.7 cm³/mol. The Morgan fingerprint density at radius 2 is 2.06 bits per heavy atom. The highest BCUT2D eigenvalue weighted by Gasteiger charge is 2.66. The first-order valence-corrected chi connectivity index (χ1v) is 6.64. The number of carbonyl (C=O) groups excluding carboxylic acids is 1. The van der Waals surface area contributed by atoms with Gasteiger partial charge in [-0.3, -0.25) is 4.79 Å². The molecular formula is C14H24O3. The Hall–Kier alpha value is -0.570. The van der Waals surface area contributed by atoms with E-state index < -0.39 is 0 Å². The van der Waals surface area contributed by atoms with Gasteiger partial charge in [0, 0.05) is 6.42 Å². The number of hydrogen-bond acceptors (Lipinski definition) is 3. The van der Waals surface area contributed by atoms with Crippen molar-refractivity contribution in [3.05, 3.63) is 0 Å². The van der Waals surface area contributed by atoms with Crippen molar-refractivity contribution in [1.29, 1.82) is 0 Å². The summed E-state index contributed by atoms with van der Waals surface area (Å²) in [7, 11) is 0. The molecule has 1 aliphatic carbocycles. The number of carbonyl (C=O) groups is 1. The second kappa shape index (κ2) is 3.71. The Kier molecular flexibility index (Phi) is 2.81. The van der Waals surface area contributed by atoms with E-state index >= 15 is 0 Å². The van der Waals surface area contributed by atoms with E-state index in [1.807, 2.05) is 20.8 Å². The van der Waals surface area contributed by atoms with Gasteiger partial charge in [-0.1, -0.05) is 6.92 Å². The highest BCUT2D eigenvalue weighted by Crippen LogP contribution is 2.57. The molecule has 3 atom stereocenters. The van der Waals surface area contributed by atoms with Gasteiger partial charge in [-0.25, -0.2) is 0 Å². The summed E-state index contributed by atoms with van der Waals surface area (Å²) in [6.07, 6.45) is 3.61. The van der Waals surface area contributed by atoms with E-state index in [9.17, 15) is 4.79 Å². The van der Waals surface area contributed by atoms with Crippen molar-refractivity contribution >= 4 is 5.97 Å². The third-order valence-corrected chi connectivity index (χ3v) is 4.80. The molecule has 0 aromatic heterocycles. The van der Waals surface area contributed by atoms with Crippen molar-refractivity contribution in [2.75, 3.05) is 0 Å². The summed E-state index contributed by atoms with van der Waals surface area (Å²) in [6.45, 7) is 10.2. The number of epoxide rings is 1. The van der Waals surface area contributed by atoms with Crippen LogP contribution in [0.4, 0.5) is 0 Å². The van der Waals surface area contributed by atoms with Gasteiger partial charge in [-0.15, -0.1) is 0 Å². The number of rotatable bonds is 3. The van der Waals surface area contributed by atoms with Crippen molar-refractivity contribution in [2.45, 2.75) is 77.6 Å². The van der Waals surface area contributed by atoms with E-state index in [-0.39, 0.29) is 28.7 Å². The molecule has 1 saturated carbocycles. The van der Waals surface area contributed by atoms with Crippen LogP contribution in [0.1, 0.15) is 60.3 Å². The molecule has 1 saturated heterocycles. The molecule has 0 N–H and O–H groups in total. The van der Waals surface area contributed by atoms with Gasteiger partial charge in [0.2, 0.25) is 0 Å². The van der Waals surface area contributed by atoms with Gasteiger partial charge in [0.1, 0.15) is 6.10 Å². The zero-order chi connectivity index (χ0) is 12.9. The monoisotopic (exact) mass is 240 g/mol. The second-order valence-electron chi connectivity index (χ2n) is 6.57. The van der Waals surface area contributed by atoms with Crippen LogP contribution in [0.15, 0.2) is 0 Å². The lowest BCUT2D eigenvalue weighted by molar-refractivity contribution is -0.161. The van der Waals surface area contributed by atoms with Crippen LogP contribution < -0.4 is 0 Å². The van der Waals surface area contributed by atoms with E-state index in [0.717, 1.165) is 25.7 Å². The molecule has 2 aliphatic rings. The van der Waals surface area contributed by atoms with Gasteiger partial charge in [0.25, 0.3) is 0 Å². The Morgan fingerprint density at radius 1 is 1.41 bits per heavy atom. The van der Waals surface area contributed by atoms with Gasteiger partial charge < -0.3 is 9.47 Å². The van der Waals surface area contributed by atoms with Crippen LogP contribution in [-0.4, -0.2) is 23.3 Å². The number of esters is 1. The topological polar surface area (TPSA) is 38.8 Å². The molecule has 0 aromatic carbocycles. The normalized spacial score (nSPS) is 40.6. The quantitative estimate of drug-likeness (QED) is 0.562. The molecule has 1 aliphatic heterocycles. The fourth-order valence-electron chi connectivity index (χ4n) is 2.57. The third-order valence-electron chi connectivity index (χ3n) is 4.80. The van der Waals surface area contributed by atoms with Crippen LogP contribution in [0.2, 0.25) is 0 Å². The lowest BCUT2D eigenvalue weighted by Gasteiger charge is -2.30. The van der Waals surface area contributed by atoms with Gasteiger partial charge in [-0.2, -0.15) is 0 Å². The van der Waals surface area contributed by atoms with Crippen LogP contribution in [0.25, 0.3) is 0 Å². The largest absolute Gasteiger partial charge is 0.462 e. The molecule has 98 valence electrons. The minimum Gasteiger partial charge on any atom is -0.462 e. The highest BCUT2D eigenvalue weighted by molar-refractivity contribution is 5.76. The van der Waals surface area contributed by atoms with Crippen LogP contribution in [0.3, 0.4) is 0 Å². The number of hydrogen-bond donors (Lipinski definition) is 0. The van der Waals surface area contributed by atoms with E-state index in [0.29, 0.717) is 0 Å². The first-order chi connectivity index (χ1) is 7.72. The van der Waals surface area contributed by atoms with Crippen molar-refractivity contribution in [2.24, 2.45) is 5.41 Å². The molecule has 0 aromatic rings. The summed E-state index contributed by atoms with van der Waals surface area (Å²) in [4.78, 5) is 12.0. The van der Waals surface area contributed by atoms with Crippen molar-refractivity contribution in [3.8, 4) is 0 Å². The molecule has 2 rings (SSSR count). The van der Waals surface area contributed by atoms with Gasteiger partial charge >= 0.3 is 5.97 Å². The lowest BCUT2D eigenvalue weighted by Crippen LogP contribution is -2.37. The van der Waals surface area contributed by atoms with Crippen molar-refractivity contribution in [3.63, 3.8) is 0 Å². The molecular weight excluding hydrogens is 216 g/mol. The SMILES string of the molecule is CCC(C)(C)C(=O)OC1CCC2(C)OC2(C)C1. The average molecular weight is 240 g/mol. The first-order valence-electron chi connectivity index (χ1n) is 6.64. The molecule has 0 bridgehead atoms. The Balaban J connectivity index is 1.92. The molecule has 3 heteroatoms. The maximum absolute atomic E-state index is 12.0. The number of fused-ring (bicyclic) bond motifs is 1. The fourth-order valence-corrected chi connectivity index (χ4v) is 2.57. The van der Waals surface area contributed by atoms with Crippen molar-refractivity contribution in [1.82, 2.24) is 0 Å². The van der Waals surface area contributed by atoms with Crippen LogP contribution in [-0.2, 0) is 14.3 Å². The summed E-state index contributed by atoms with van der Waals surface area (Å²) in [6, 6.07) is 0. The molecule has 2 fully saturated rings. The van der Waals surface area contributed by atoms with E-state index in [4.69, 9.17) is 9.47 Å². The maximum Gasteiger partial charge on any atom is 0.311 e. The smallest absolute Gasteiger partial charge is 0.311 e. The Bertz CT molecular complexity index is 336. The molecule has 0 radical (unpaired) electrons. The van der Waals surface area contributed by atoms with Crippen LogP contribution in [0, 0.1) is 5.41 Å². The standard InChI is InChI=1S/C14H24O3/c1-6-12(2,3)11(15)16-10-7-8-13(4)14(5,9-10)17-13/h10H,6-9H2,1-5H3. The zero-order valence-corrected chi connectivity index (χ0v) is 11.6. The molecule has 1 heterocycles. The average Bonchev–Trinajstić information content (AvgIpc) is 2.80. The van der Waals surface area contributed by atoms with E-state index in [1.165, 1.54) is 0 Å². The molecule has 3 nitrogen and oxygen atoms in total. The number of ether oxygens (including phenoxy) is 2. The Morgan fingerprint density at radius 3 is 2.59 bits per heavy atom. The summed E-state index contributed by atoms with van der Waals surface area (Å²) in [5.41, 5.74) is -0.394. The second-order valence-corrected chi connectivity index (χ2v) is 6.57. The zero-order valence-electron chi connectivity index (χ0n) is 11.6. The summed E-state index contributed by atoms with van der Waals surface area (Å²) in [5.74, 6) is -0.0714. The minimum absolute atomic E-state index is 0.0360. The van der Waals surface area contributed by atoms with E-state index in [1.54, 1.807) is 0 Å². The van der Waals surface area contributed by atoms with Gasteiger partial charge in [0.15, 0.2) is 0 Å². The molecule has 0 spiro atoms. The third kappa shape index (κ3) is 2.10. The molecule has 17 heavy (non-hydrogen) atoms. The molecule has 0 amide bonds. The van der Waals surface area contributed by atoms with Crippen molar-refractivity contribution < 1.29 is 14.3 Å². The summed E-state index contributed by atoms with van der Waals surface area (Å²) >= 11 is 0. The summed E-state index contributed by atoms with van der Waals surface area (Å²) < 4.78 is 11.4. The fraction of sp³-hybridized carbons (Fsp3) is 0.929. The van der Waals surface area contributed by atoms with E-state index in [2.05, 4.69) is 13.8 Å². The first kappa shape index (κ1) is 12.9. The maximum atomic E-state index is 12.0. The predicted octanol–water partition coefficient (Wildman–Crippen LogP) is 3.07. The lowest BCUT2D eigenvalue weighted by atomic mass is 9.80. The Labute approximate surface area is 104 Å². The van der Waals surface area contributed by atoms with Crippen LogP contribution >= 0.6 is 0 Å². The van der Waals surface area contributed by atoms with Gasteiger partial charge in [0.05, 0.1) is 16.6 Å². The summed E-state index contributed by atoms with van der Waals surface area (Å²) in [5, 5.41) is 0. The minimum atomic E-state index is -0.369. The van der Waals surface area contributed by atoms with Gasteiger partial charge in [-0.05, 0) is 47.0 Å².